The first-order valence-electron chi connectivity index (χ1n) is 6.64. The molecule has 0 unspecified atom stereocenters. The molecule has 0 fully saturated rings. The number of benzene rings is 1. The van der Waals surface area contributed by atoms with Crippen LogP contribution < -0.4 is 10.1 Å². The van der Waals surface area contributed by atoms with E-state index in [1.54, 1.807) is 24.3 Å². The van der Waals surface area contributed by atoms with Crippen molar-refractivity contribution < 1.29 is 9.13 Å². The van der Waals surface area contributed by atoms with Gasteiger partial charge in [0, 0.05) is 24.6 Å². The van der Waals surface area contributed by atoms with Crippen molar-refractivity contribution in [2.75, 3.05) is 19.0 Å². The Morgan fingerprint density at radius 3 is 2.70 bits per heavy atom. The largest absolute Gasteiger partial charge is 0.494 e. The molecule has 0 aliphatic carbocycles. The Balaban J connectivity index is 2.54. The van der Waals surface area contributed by atoms with Gasteiger partial charge in [-0.05, 0) is 19.1 Å². The van der Waals surface area contributed by atoms with Crippen LogP contribution in [0.5, 0.6) is 5.75 Å². The first-order valence-corrected chi connectivity index (χ1v) is 6.64. The molecule has 0 aliphatic rings. The number of nitrogens with one attached hydrogen (secondary N) is 1. The Kier molecular flexibility index (Phi) is 4.50. The summed E-state index contributed by atoms with van der Waals surface area (Å²) in [6.07, 6.45) is 0.692. The van der Waals surface area contributed by atoms with Crippen LogP contribution >= 0.6 is 0 Å². The van der Waals surface area contributed by atoms with E-state index in [0.29, 0.717) is 29.3 Å². The molecule has 2 aromatic rings. The Bertz CT molecular complexity index is 602. The summed E-state index contributed by atoms with van der Waals surface area (Å²) in [7, 11) is 1.45. The minimum absolute atomic E-state index is 0.212. The van der Waals surface area contributed by atoms with Gasteiger partial charge in [0.1, 0.15) is 11.6 Å². The highest BCUT2D eigenvalue weighted by atomic mass is 19.1. The maximum Gasteiger partial charge on any atom is 0.174 e. The van der Waals surface area contributed by atoms with Gasteiger partial charge in [0.15, 0.2) is 11.6 Å². The second-order valence-electron chi connectivity index (χ2n) is 4.26. The zero-order valence-corrected chi connectivity index (χ0v) is 11.9. The monoisotopic (exact) mass is 275 g/mol. The lowest BCUT2D eigenvalue weighted by molar-refractivity contribution is 0.387. The van der Waals surface area contributed by atoms with Gasteiger partial charge < -0.3 is 10.1 Å². The van der Waals surface area contributed by atoms with Crippen LogP contribution in [-0.2, 0) is 6.42 Å². The maximum absolute atomic E-state index is 14.3. The van der Waals surface area contributed by atoms with E-state index < -0.39 is 5.82 Å². The zero-order chi connectivity index (χ0) is 14.5. The van der Waals surface area contributed by atoms with Gasteiger partial charge >= 0.3 is 0 Å². The number of rotatable bonds is 5. The van der Waals surface area contributed by atoms with Crippen LogP contribution in [0.15, 0.2) is 24.3 Å². The number of ether oxygens (including phenoxy) is 1. The first-order chi connectivity index (χ1) is 9.69. The predicted molar refractivity (Wildman–Crippen MR) is 77.5 cm³/mol. The molecule has 0 saturated carbocycles. The summed E-state index contributed by atoms with van der Waals surface area (Å²) < 4.78 is 19.3. The van der Waals surface area contributed by atoms with Crippen molar-refractivity contribution in [3.05, 3.63) is 35.9 Å². The van der Waals surface area contributed by atoms with E-state index in [0.717, 1.165) is 6.54 Å². The van der Waals surface area contributed by atoms with Gasteiger partial charge in [0.2, 0.25) is 0 Å². The standard InChI is InChI=1S/C15H18FN3O/c1-4-13-18-11(9-14(19-13)17-5-2)10-7-6-8-12(20-3)15(10)16/h6-9H,4-5H2,1-3H3,(H,17,18,19). The fourth-order valence-corrected chi connectivity index (χ4v) is 1.93. The van der Waals surface area contributed by atoms with E-state index in [1.807, 2.05) is 13.8 Å². The molecule has 0 radical (unpaired) electrons. The third-order valence-electron chi connectivity index (χ3n) is 2.91. The van der Waals surface area contributed by atoms with E-state index in [-0.39, 0.29) is 5.75 Å². The van der Waals surface area contributed by atoms with Gasteiger partial charge in [-0.2, -0.15) is 0 Å². The number of aryl methyl sites for hydroxylation is 1. The molecule has 0 amide bonds. The molecule has 106 valence electrons. The number of anilines is 1. The van der Waals surface area contributed by atoms with E-state index in [4.69, 9.17) is 4.74 Å². The Hall–Kier alpha value is -2.17. The summed E-state index contributed by atoms with van der Waals surface area (Å²) in [4.78, 5) is 8.76. The molecule has 1 N–H and O–H groups in total. The van der Waals surface area contributed by atoms with Crippen molar-refractivity contribution in [1.29, 1.82) is 0 Å². The Morgan fingerprint density at radius 2 is 2.05 bits per heavy atom. The summed E-state index contributed by atoms with van der Waals surface area (Å²) in [6, 6.07) is 6.78. The van der Waals surface area contributed by atoms with Crippen LogP contribution in [0.1, 0.15) is 19.7 Å². The molecule has 5 heteroatoms. The Labute approximate surface area is 118 Å². The lowest BCUT2D eigenvalue weighted by atomic mass is 10.1. The topological polar surface area (TPSA) is 47.0 Å². The smallest absolute Gasteiger partial charge is 0.174 e. The van der Waals surface area contributed by atoms with Crippen molar-refractivity contribution in [2.24, 2.45) is 0 Å². The van der Waals surface area contributed by atoms with E-state index >= 15 is 0 Å². The molecule has 4 nitrogen and oxygen atoms in total. The number of halogens is 1. The highest BCUT2D eigenvalue weighted by molar-refractivity contribution is 5.65. The number of hydrogen-bond acceptors (Lipinski definition) is 4. The fraction of sp³-hybridized carbons (Fsp3) is 0.333. The van der Waals surface area contributed by atoms with Crippen molar-refractivity contribution in [2.45, 2.75) is 20.3 Å². The molecule has 0 saturated heterocycles. The fourth-order valence-electron chi connectivity index (χ4n) is 1.93. The summed E-state index contributed by atoms with van der Waals surface area (Å²) in [5.41, 5.74) is 0.977. The van der Waals surface area contributed by atoms with Crippen molar-refractivity contribution in [3.63, 3.8) is 0 Å². The number of methoxy groups -OCH3 is 1. The lowest BCUT2D eigenvalue weighted by Crippen LogP contribution is -2.04. The number of aromatic nitrogens is 2. The molecule has 20 heavy (non-hydrogen) atoms. The van der Waals surface area contributed by atoms with Crippen LogP contribution in [0.4, 0.5) is 10.2 Å². The van der Waals surface area contributed by atoms with E-state index in [1.165, 1.54) is 7.11 Å². The molecule has 0 bridgehead atoms. The first kappa shape index (κ1) is 14.2. The maximum atomic E-state index is 14.3. The normalized spacial score (nSPS) is 10.4. The highest BCUT2D eigenvalue weighted by Gasteiger charge is 2.13. The Morgan fingerprint density at radius 1 is 1.25 bits per heavy atom. The van der Waals surface area contributed by atoms with Gasteiger partial charge in [-0.15, -0.1) is 0 Å². The average molecular weight is 275 g/mol. The van der Waals surface area contributed by atoms with Crippen LogP contribution in [0.2, 0.25) is 0 Å². The van der Waals surface area contributed by atoms with Crippen LogP contribution in [-0.4, -0.2) is 23.6 Å². The van der Waals surface area contributed by atoms with Crippen molar-refractivity contribution >= 4 is 5.82 Å². The van der Waals surface area contributed by atoms with Gasteiger partial charge in [-0.3, -0.25) is 0 Å². The minimum atomic E-state index is -0.404. The van der Waals surface area contributed by atoms with Crippen molar-refractivity contribution in [3.8, 4) is 17.0 Å². The molecule has 0 spiro atoms. The molecule has 0 aliphatic heterocycles. The predicted octanol–water partition coefficient (Wildman–Crippen LogP) is 3.29. The molecular formula is C15H18FN3O. The van der Waals surface area contributed by atoms with Crippen LogP contribution in [0.3, 0.4) is 0 Å². The molecule has 2 rings (SSSR count). The summed E-state index contributed by atoms with van der Waals surface area (Å²) in [5, 5.41) is 3.14. The lowest BCUT2D eigenvalue weighted by Gasteiger charge is -2.10. The quantitative estimate of drug-likeness (QED) is 0.909. The molecular weight excluding hydrogens is 257 g/mol. The van der Waals surface area contributed by atoms with Crippen LogP contribution in [0, 0.1) is 5.82 Å². The third-order valence-corrected chi connectivity index (χ3v) is 2.91. The molecule has 1 aromatic carbocycles. The molecule has 1 heterocycles. The summed E-state index contributed by atoms with van der Waals surface area (Å²) in [6.45, 7) is 4.70. The van der Waals surface area contributed by atoms with Gasteiger partial charge in [0.05, 0.1) is 12.8 Å². The average Bonchev–Trinajstić information content (AvgIpc) is 2.47. The van der Waals surface area contributed by atoms with Gasteiger partial charge in [0.25, 0.3) is 0 Å². The molecule has 0 atom stereocenters. The second kappa shape index (κ2) is 6.32. The SMILES string of the molecule is CCNc1cc(-c2cccc(OC)c2F)nc(CC)n1. The highest BCUT2D eigenvalue weighted by Crippen LogP contribution is 2.28. The summed E-state index contributed by atoms with van der Waals surface area (Å²) in [5.74, 6) is 1.19. The van der Waals surface area contributed by atoms with Crippen molar-refractivity contribution in [1.82, 2.24) is 9.97 Å². The third kappa shape index (κ3) is 2.87. The second-order valence-corrected chi connectivity index (χ2v) is 4.26. The summed E-state index contributed by atoms with van der Waals surface area (Å²) >= 11 is 0. The van der Waals surface area contributed by atoms with E-state index in [9.17, 15) is 4.39 Å². The van der Waals surface area contributed by atoms with Crippen LogP contribution in [0.25, 0.3) is 11.3 Å². The van der Waals surface area contributed by atoms with Gasteiger partial charge in [-0.1, -0.05) is 13.0 Å². The van der Waals surface area contributed by atoms with E-state index in [2.05, 4.69) is 15.3 Å². The number of nitrogens with zero attached hydrogens (tertiary/aromatic N) is 2. The number of hydrogen-bond donors (Lipinski definition) is 1. The minimum Gasteiger partial charge on any atom is -0.494 e. The zero-order valence-electron chi connectivity index (χ0n) is 11.9. The molecule has 1 aromatic heterocycles. The van der Waals surface area contributed by atoms with Gasteiger partial charge in [-0.25, -0.2) is 14.4 Å².